The van der Waals surface area contributed by atoms with Gasteiger partial charge in [-0.1, -0.05) is 44.2 Å². The van der Waals surface area contributed by atoms with Crippen molar-refractivity contribution in [1.82, 2.24) is 10.2 Å². The van der Waals surface area contributed by atoms with Crippen LogP contribution in [0.15, 0.2) is 30.3 Å². The summed E-state index contributed by atoms with van der Waals surface area (Å²) in [4.78, 5) is 14.2. The molecule has 1 fully saturated rings. The molecule has 1 amide bonds. The SMILES string of the molecule is CC(C)C(C)N1CNC(c2ccccc2)C1=O. The number of carbonyl (C=O) groups is 1. The zero-order valence-electron chi connectivity index (χ0n) is 10.7. The molecule has 0 spiro atoms. The van der Waals surface area contributed by atoms with Crippen LogP contribution in [0.2, 0.25) is 0 Å². The molecule has 1 aliphatic heterocycles. The van der Waals surface area contributed by atoms with Crippen molar-refractivity contribution in [1.29, 1.82) is 0 Å². The van der Waals surface area contributed by atoms with Crippen LogP contribution in [0, 0.1) is 5.92 Å². The second kappa shape index (κ2) is 4.88. The van der Waals surface area contributed by atoms with E-state index in [1.165, 1.54) is 0 Å². The predicted molar refractivity (Wildman–Crippen MR) is 68.3 cm³/mol. The van der Waals surface area contributed by atoms with Crippen LogP contribution in [0.4, 0.5) is 0 Å². The Morgan fingerprint density at radius 2 is 1.88 bits per heavy atom. The van der Waals surface area contributed by atoms with Crippen molar-refractivity contribution in [3.63, 3.8) is 0 Å². The van der Waals surface area contributed by atoms with Gasteiger partial charge in [-0.25, -0.2) is 0 Å². The second-order valence-electron chi connectivity index (χ2n) is 5.00. The number of nitrogens with zero attached hydrogens (tertiary/aromatic N) is 1. The van der Waals surface area contributed by atoms with Crippen LogP contribution in [0.25, 0.3) is 0 Å². The van der Waals surface area contributed by atoms with Crippen LogP contribution < -0.4 is 5.32 Å². The molecule has 1 heterocycles. The lowest BCUT2D eigenvalue weighted by Crippen LogP contribution is -2.38. The standard InChI is InChI=1S/C14H20N2O/c1-10(2)11(3)16-9-15-13(14(16)17)12-7-5-4-6-8-12/h4-8,10-11,13,15H,9H2,1-3H3. The lowest BCUT2D eigenvalue weighted by atomic mass is 10.0. The molecule has 0 aromatic heterocycles. The molecule has 17 heavy (non-hydrogen) atoms. The van der Waals surface area contributed by atoms with Crippen molar-refractivity contribution in [2.75, 3.05) is 6.67 Å². The Morgan fingerprint density at radius 3 is 2.47 bits per heavy atom. The van der Waals surface area contributed by atoms with Gasteiger partial charge in [0.05, 0.1) is 6.67 Å². The average Bonchev–Trinajstić information content (AvgIpc) is 2.71. The molecule has 1 saturated heterocycles. The van der Waals surface area contributed by atoms with Gasteiger partial charge in [0, 0.05) is 6.04 Å². The molecule has 2 rings (SSSR count). The highest BCUT2D eigenvalue weighted by Gasteiger charge is 2.35. The van der Waals surface area contributed by atoms with Gasteiger partial charge in [0.15, 0.2) is 0 Å². The number of hydrogen-bond donors (Lipinski definition) is 1. The zero-order valence-corrected chi connectivity index (χ0v) is 10.7. The minimum Gasteiger partial charge on any atom is -0.325 e. The summed E-state index contributed by atoms with van der Waals surface area (Å²) in [6.07, 6.45) is 0. The summed E-state index contributed by atoms with van der Waals surface area (Å²) in [5.74, 6) is 0.674. The van der Waals surface area contributed by atoms with Crippen LogP contribution >= 0.6 is 0 Å². The molecule has 92 valence electrons. The monoisotopic (exact) mass is 232 g/mol. The quantitative estimate of drug-likeness (QED) is 0.866. The minimum atomic E-state index is -0.169. The van der Waals surface area contributed by atoms with Gasteiger partial charge in [0.1, 0.15) is 6.04 Å². The molecule has 0 saturated carbocycles. The molecule has 0 aliphatic carbocycles. The van der Waals surface area contributed by atoms with Crippen LogP contribution in [-0.4, -0.2) is 23.5 Å². The summed E-state index contributed by atoms with van der Waals surface area (Å²) in [5.41, 5.74) is 1.05. The minimum absolute atomic E-state index is 0.169. The van der Waals surface area contributed by atoms with E-state index in [0.29, 0.717) is 12.6 Å². The van der Waals surface area contributed by atoms with Crippen molar-refractivity contribution < 1.29 is 4.79 Å². The summed E-state index contributed by atoms with van der Waals surface area (Å²) in [5, 5.41) is 3.28. The second-order valence-corrected chi connectivity index (χ2v) is 5.00. The Kier molecular flexibility index (Phi) is 3.48. The first-order valence-electron chi connectivity index (χ1n) is 6.20. The number of benzene rings is 1. The van der Waals surface area contributed by atoms with Gasteiger partial charge >= 0.3 is 0 Å². The molecule has 2 unspecified atom stereocenters. The summed E-state index contributed by atoms with van der Waals surface area (Å²) in [7, 11) is 0. The maximum absolute atomic E-state index is 12.3. The molecule has 1 aromatic rings. The summed E-state index contributed by atoms with van der Waals surface area (Å²) >= 11 is 0. The van der Waals surface area contributed by atoms with Crippen molar-refractivity contribution in [3.05, 3.63) is 35.9 Å². The molecule has 1 aliphatic rings. The third kappa shape index (κ3) is 2.34. The Morgan fingerprint density at radius 1 is 1.24 bits per heavy atom. The van der Waals surface area contributed by atoms with Gasteiger partial charge in [-0.15, -0.1) is 0 Å². The number of rotatable bonds is 3. The van der Waals surface area contributed by atoms with Gasteiger partial charge in [-0.05, 0) is 18.4 Å². The molecule has 1 N–H and O–H groups in total. The fourth-order valence-corrected chi connectivity index (χ4v) is 2.13. The van der Waals surface area contributed by atoms with Crippen LogP contribution in [0.1, 0.15) is 32.4 Å². The van der Waals surface area contributed by atoms with E-state index in [1.54, 1.807) is 0 Å². The summed E-state index contributed by atoms with van der Waals surface area (Å²) in [6, 6.07) is 10.0. The van der Waals surface area contributed by atoms with E-state index in [1.807, 2.05) is 35.2 Å². The number of carbonyl (C=O) groups excluding carboxylic acids is 1. The molecule has 2 atom stereocenters. The number of amides is 1. The van der Waals surface area contributed by atoms with E-state index in [2.05, 4.69) is 26.1 Å². The van der Waals surface area contributed by atoms with Crippen molar-refractivity contribution in [2.45, 2.75) is 32.9 Å². The van der Waals surface area contributed by atoms with Gasteiger partial charge in [-0.3, -0.25) is 10.1 Å². The van der Waals surface area contributed by atoms with E-state index < -0.39 is 0 Å². The Balaban J connectivity index is 2.13. The average molecular weight is 232 g/mol. The first kappa shape index (κ1) is 12.1. The van der Waals surface area contributed by atoms with E-state index in [9.17, 15) is 4.79 Å². The Labute approximate surface area is 103 Å². The van der Waals surface area contributed by atoms with E-state index in [0.717, 1.165) is 5.56 Å². The first-order valence-corrected chi connectivity index (χ1v) is 6.20. The highest BCUT2D eigenvalue weighted by atomic mass is 16.2. The topological polar surface area (TPSA) is 32.3 Å². The van der Waals surface area contributed by atoms with E-state index in [4.69, 9.17) is 0 Å². The number of hydrogen-bond acceptors (Lipinski definition) is 2. The first-order chi connectivity index (χ1) is 8.11. The maximum atomic E-state index is 12.3. The summed E-state index contributed by atoms with van der Waals surface area (Å²) in [6.45, 7) is 7.05. The largest absolute Gasteiger partial charge is 0.325 e. The van der Waals surface area contributed by atoms with Crippen LogP contribution in [-0.2, 0) is 4.79 Å². The molecule has 1 aromatic carbocycles. The zero-order chi connectivity index (χ0) is 12.4. The van der Waals surface area contributed by atoms with E-state index in [-0.39, 0.29) is 18.0 Å². The fraction of sp³-hybridized carbons (Fsp3) is 0.500. The lowest BCUT2D eigenvalue weighted by molar-refractivity contribution is -0.131. The predicted octanol–water partition coefficient (Wildman–Crippen LogP) is 2.16. The smallest absolute Gasteiger partial charge is 0.245 e. The Bertz CT molecular complexity index is 388. The highest BCUT2D eigenvalue weighted by molar-refractivity contribution is 5.85. The van der Waals surface area contributed by atoms with Gasteiger partial charge in [0.2, 0.25) is 5.91 Å². The molecule has 3 nitrogen and oxygen atoms in total. The molecule has 0 radical (unpaired) electrons. The normalized spacial score (nSPS) is 22.2. The third-order valence-corrected chi connectivity index (χ3v) is 3.59. The Hall–Kier alpha value is -1.35. The van der Waals surface area contributed by atoms with Gasteiger partial charge in [-0.2, -0.15) is 0 Å². The van der Waals surface area contributed by atoms with Crippen LogP contribution in [0.3, 0.4) is 0 Å². The molecular weight excluding hydrogens is 212 g/mol. The summed E-state index contributed by atoms with van der Waals surface area (Å²) < 4.78 is 0. The molecular formula is C14H20N2O. The van der Waals surface area contributed by atoms with E-state index >= 15 is 0 Å². The van der Waals surface area contributed by atoms with Crippen LogP contribution in [0.5, 0.6) is 0 Å². The van der Waals surface area contributed by atoms with Gasteiger partial charge in [0.25, 0.3) is 0 Å². The third-order valence-electron chi connectivity index (χ3n) is 3.59. The molecule has 0 bridgehead atoms. The van der Waals surface area contributed by atoms with Crippen molar-refractivity contribution >= 4 is 5.91 Å². The van der Waals surface area contributed by atoms with Crippen molar-refractivity contribution in [2.24, 2.45) is 5.92 Å². The van der Waals surface area contributed by atoms with Crippen molar-refractivity contribution in [3.8, 4) is 0 Å². The molecule has 3 heteroatoms. The fourth-order valence-electron chi connectivity index (χ4n) is 2.13. The lowest BCUT2D eigenvalue weighted by Gasteiger charge is -2.27. The van der Waals surface area contributed by atoms with Gasteiger partial charge < -0.3 is 4.90 Å². The highest BCUT2D eigenvalue weighted by Crippen LogP contribution is 2.23. The number of nitrogens with one attached hydrogen (secondary N) is 1. The maximum Gasteiger partial charge on any atom is 0.245 e.